The van der Waals surface area contributed by atoms with Crippen LogP contribution in [0.5, 0.6) is 0 Å². The van der Waals surface area contributed by atoms with E-state index in [1.807, 2.05) is 0 Å². The van der Waals surface area contributed by atoms with E-state index in [0.29, 0.717) is 5.56 Å². The molecule has 1 N–H and O–H groups in total. The Kier molecular flexibility index (Phi) is 7.72. The minimum atomic E-state index is -0.0396. The predicted octanol–water partition coefficient (Wildman–Crippen LogP) is 4.18. The highest BCUT2D eigenvalue weighted by Crippen LogP contribution is 2.09. The van der Waals surface area contributed by atoms with Crippen LogP contribution in [0.4, 0.5) is 0 Å². The van der Waals surface area contributed by atoms with Crippen molar-refractivity contribution in [1.82, 2.24) is 10.3 Å². The number of hydrogen-bond donors (Lipinski definition) is 1. The summed E-state index contributed by atoms with van der Waals surface area (Å²) in [6.07, 6.45) is 7.68. The maximum absolute atomic E-state index is 11.8. The van der Waals surface area contributed by atoms with E-state index >= 15 is 0 Å². The van der Waals surface area contributed by atoms with Crippen molar-refractivity contribution in [3.8, 4) is 0 Å². The minimum absolute atomic E-state index is 0.0396. The van der Waals surface area contributed by atoms with Gasteiger partial charge in [0.15, 0.2) is 0 Å². The zero-order chi connectivity index (χ0) is 14.1. The number of unbranched alkanes of at least 4 members (excludes halogenated alkanes) is 3. The molecule has 1 aromatic heterocycles. The summed E-state index contributed by atoms with van der Waals surface area (Å²) in [7, 11) is 0. The highest BCUT2D eigenvalue weighted by atomic mass is 79.9. The van der Waals surface area contributed by atoms with Crippen molar-refractivity contribution in [2.24, 2.45) is 5.92 Å². The Morgan fingerprint density at radius 1 is 1.26 bits per heavy atom. The standard InChI is InChI=1S/C15H23BrN2O/c1-12(2)7-5-3-4-6-10-17-15(19)13-8-9-14(16)18-11-13/h8-9,11-12H,3-7,10H2,1-2H3,(H,17,19). The maximum Gasteiger partial charge on any atom is 0.252 e. The van der Waals surface area contributed by atoms with Crippen molar-refractivity contribution in [2.45, 2.75) is 46.0 Å². The number of carbonyl (C=O) groups excluding carboxylic acids is 1. The van der Waals surface area contributed by atoms with Crippen molar-refractivity contribution in [1.29, 1.82) is 0 Å². The largest absolute Gasteiger partial charge is 0.352 e. The first-order chi connectivity index (χ1) is 9.09. The summed E-state index contributed by atoms with van der Waals surface area (Å²) in [6.45, 7) is 5.26. The van der Waals surface area contributed by atoms with Crippen LogP contribution in [0.25, 0.3) is 0 Å². The number of amides is 1. The molecule has 0 fully saturated rings. The number of nitrogens with zero attached hydrogens (tertiary/aromatic N) is 1. The molecule has 0 bridgehead atoms. The van der Waals surface area contributed by atoms with Gasteiger partial charge in [-0.25, -0.2) is 4.98 Å². The molecule has 1 amide bonds. The lowest BCUT2D eigenvalue weighted by Crippen LogP contribution is -2.24. The summed E-state index contributed by atoms with van der Waals surface area (Å²) in [5.41, 5.74) is 0.614. The van der Waals surface area contributed by atoms with E-state index in [-0.39, 0.29) is 5.91 Å². The van der Waals surface area contributed by atoms with Gasteiger partial charge in [0, 0.05) is 12.7 Å². The van der Waals surface area contributed by atoms with Gasteiger partial charge in [-0.1, -0.05) is 39.5 Å². The first-order valence-corrected chi connectivity index (χ1v) is 7.78. The highest BCUT2D eigenvalue weighted by molar-refractivity contribution is 9.10. The number of pyridine rings is 1. The van der Waals surface area contributed by atoms with Gasteiger partial charge in [0.1, 0.15) is 4.60 Å². The van der Waals surface area contributed by atoms with Gasteiger partial charge >= 0.3 is 0 Å². The Hall–Kier alpha value is -0.900. The van der Waals surface area contributed by atoms with Crippen molar-refractivity contribution >= 4 is 21.8 Å². The fourth-order valence-corrected chi connectivity index (χ4v) is 2.08. The van der Waals surface area contributed by atoms with Crippen LogP contribution in [0.2, 0.25) is 0 Å². The third-order valence-electron chi connectivity index (χ3n) is 2.98. The molecule has 0 atom stereocenters. The molecule has 0 aliphatic heterocycles. The molecule has 1 aromatic rings. The molecule has 0 aliphatic carbocycles. The van der Waals surface area contributed by atoms with Crippen molar-refractivity contribution < 1.29 is 4.79 Å². The van der Waals surface area contributed by atoms with Crippen LogP contribution in [0.15, 0.2) is 22.9 Å². The second kappa shape index (κ2) is 9.08. The van der Waals surface area contributed by atoms with Crippen molar-refractivity contribution in [2.75, 3.05) is 6.54 Å². The van der Waals surface area contributed by atoms with Gasteiger partial charge < -0.3 is 5.32 Å². The van der Waals surface area contributed by atoms with Crippen LogP contribution in [0, 0.1) is 5.92 Å². The Morgan fingerprint density at radius 3 is 2.63 bits per heavy atom. The summed E-state index contributed by atoms with van der Waals surface area (Å²) >= 11 is 3.25. The van der Waals surface area contributed by atoms with E-state index < -0.39 is 0 Å². The molecule has 3 nitrogen and oxygen atoms in total. The lowest BCUT2D eigenvalue weighted by molar-refractivity contribution is 0.0952. The summed E-state index contributed by atoms with van der Waals surface area (Å²) in [5.74, 6) is 0.756. The smallest absolute Gasteiger partial charge is 0.252 e. The Labute approximate surface area is 124 Å². The van der Waals surface area contributed by atoms with Gasteiger partial charge in [-0.05, 0) is 40.4 Å². The molecule has 1 rings (SSSR count). The number of carbonyl (C=O) groups is 1. The fraction of sp³-hybridized carbons (Fsp3) is 0.600. The molecule has 0 unspecified atom stereocenters. The van der Waals surface area contributed by atoms with E-state index in [2.05, 4.69) is 40.1 Å². The minimum Gasteiger partial charge on any atom is -0.352 e. The lowest BCUT2D eigenvalue weighted by atomic mass is 10.0. The zero-order valence-electron chi connectivity index (χ0n) is 11.8. The van der Waals surface area contributed by atoms with Gasteiger partial charge in [0.25, 0.3) is 5.91 Å². The molecular formula is C15H23BrN2O. The highest BCUT2D eigenvalue weighted by Gasteiger charge is 2.04. The summed E-state index contributed by atoms with van der Waals surface area (Å²) in [4.78, 5) is 15.8. The Balaban J connectivity index is 2.09. The van der Waals surface area contributed by atoms with Crippen molar-refractivity contribution in [3.05, 3.63) is 28.5 Å². The van der Waals surface area contributed by atoms with Gasteiger partial charge in [0.2, 0.25) is 0 Å². The number of aromatic nitrogens is 1. The molecule has 1 heterocycles. The zero-order valence-corrected chi connectivity index (χ0v) is 13.4. The molecule has 0 saturated heterocycles. The van der Waals surface area contributed by atoms with E-state index in [9.17, 15) is 4.79 Å². The molecule has 0 spiro atoms. The van der Waals surface area contributed by atoms with Gasteiger partial charge in [-0.15, -0.1) is 0 Å². The SMILES string of the molecule is CC(C)CCCCCCNC(=O)c1ccc(Br)nc1. The quantitative estimate of drug-likeness (QED) is 0.575. The van der Waals surface area contributed by atoms with Gasteiger partial charge in [-0.3, -0.25) is 4.79 Å². The molecule has 0 aromatic carbocycles. The van der Waals surface area contributed by atoms with E-state index in [1.165, 1.54) is 25.7 Å². The fourth-order valence-electron chi connectivity index (χ4n) is 1.85. The normalized spacial score (nSPS) is 10.7. The number of hydrogen-bond acceptors (Lipinski definition) is 2. The molecule has 0 radical (unpaired) electrons. The van der Waals surface area contributed by atoms with Crippen LogP contribution < -0.4 is 5.32 Å². The number of rotatable bonds is 8. The van der Waals surface area contributed by atoms with Crippen LogP contribution in [0.3, 0.4) is 0 Å². The monoisotopic (exact) mass is 326 g/mol. The second-order valence-corrected chi connectivity index (χ2v) is 6.03. The average Bonchev–Trinajstić information content (AvgIpc) is 2.38. The molecular weight excluding hydrogens is 304 g/mol. The first kappa shape index (κ1) is 16.2. The second-order valence-electron chi connectivity index (χ2n) is 5.22. The van der Waals surface area contributed by atoms with E-state index in [4.69, 9.17) is 0 Å². The van der Waals surface area contributed by atoms with Gasteiger partial charge in [-0.2, -0.15) is 0 Å². The van der Waals surface area contributed by atoms with E-state index in [1.54, 1.807) is 18.3 Å². The topological polar surface area (TPSA) is 42.0 Å². The molecule has 19 heavy (non-hydrogen) atoms. The lowest BCUT2D eigenvalue weighted by Gasteiger charge is -2.06. The summed E-state index contributed by atoms with van der Waals surface area (Å²) in [6, 6.07) is 3.55. The molecule has 0 saturated carbocycles. The molecule has 4 heteroatoms. The van der Waals surface area contributed by atoms with Crippen LogP contribution >= 0.6 is 15.9 Å². The Bertz CT molecular complexity index is 376. The third-order valence-corrected chi connectivity index (χ3v) is 3.45. The van der Waals surface area contributed by atoms with Gasteiger partial charge in [0.05, 0.1) is 5.56 Å². The summed E-state index contributed by atoms with van der Waals surface area (Å²) in [5, 5.41) is 2.92. The maximum atomic E-state index is 11.8. The van der Waals surface area contributed by atoms with Crippen LogP contribution in [-0.2, 0) is 0 Å². The van der Waals surface area contributed by atoms with E-state index in [0.717, 1.165) is 23.5 Å². The van der Waals surface area contributed by atoms with Crippen molar-refractivity contribution in [3.63, 3.8) is 0 Å². The number of nitrogens with one attached hydrogen (secondary N) is 1. The third kappa shape index (κ3) is 7.31. The average molecular weight is 327 g/mol. The molecule has 0 aliphatic rings. The van der Waals surface area contributed by atoms with Crippen LogP contribution in [0.1, 0.15) is 56.3 Å². The predicted molar refractivity (Wildman–Crippen MR) is 82.2 cm³/mol. The molecule has 106 valence electrons. The number of halogens is 1. The van der Waals surface area contributed by atoms with Crippen LogP contribution in [-0.4, -0.2) is 17.4 Å². The summed E-state index contributed by atoms with van der Waals surface area (Å²) < 4.78 is 0.745. The Morgan fingerprint density at radius 2 is 2.00 bits per heavy atom. The first-order valence-electron chi connectivity index (χ1n) is 6.99.